The van der Waals surface area contributed by atoms with Crippen LogP contribution in [0.3, 0.4) is 0 Å². The molecule has 0 bridgehead atoms. The van der Waals surface area contributed by atoms with Crippen molar-refractivity contribution in [3.63, 3.8) is 0 Å². The lowest BCUT2D eigenvalue weighted by Gasteiger charge is -2.07. The molecule has 0 unspecified atom stereocenters. The molecule has 0 amide bonds. The highest BCUT2D eigenvalue weighted by atomic mass is 16.6. The van der Waals surface area contributed by atoms with Gasteiger partial charge in [0.15, 0.2) is 5.82 Å². The number of hydrogen-bond acceptors (Lipinski definition) is 5. The molecule has 0 saturated heterocycles. The average Bonchev–Trinajstić information content (AvgIpc) is 2.66. The van der Waals surface area contributed by atoms with Crippen molar-refractivity contribution in [2.24, 2.45) is 0 Å². The second-order valence-electron chi connectivity index (χ2n) is 4.37. The molecule has 0 aliphatic heterocycles. The van der Waals surface area contributed by atoms with E-state index >= 15 is 0 Å². The molecule has 1 fully saturated rings. The summed E-state index contributed by atoms with van der Waals surface area (Å²) in [5.41, 5.74) is 0. The van der Waals surface area contributed by atoms with Gasteiger partial charge < -0.3 is 9.26 Å². The third kappa shape index (κ3) is 3.05. The maximum Gasteiger partial charge on any atom is 0.397 e. The Morgan fingerprint density at radius 3 is 2.71 bits per heavy atom. The second kappa shape index (κ2) is 5.80. The summed E-state index contributed by atoms with van der Waals surface area (Å²) in [4.78, 5) is 15.5. The number of carbonyl (C=O) groups is 1. The van der Waals surface area contributed by atoms with E-state index in [9.17, 15) is 4.79 Å². The molecule has 0 atom stereocenters. The predicted molar refractivity (Wildman–Crippen MR) is 60.7 cm³/mol. The molecule has 0 aromatic carbocycles. The Balaban J connectivity index is 2.03. The van der Waals surface area contributed by atoms with Crippen molar-refractivity contribution in [3.8, 4) is 0 Å². The molecule has 1 saturated carbocycles. The Bertz CT molecular complexity index is 368. The van der Waals surface area contributed by atoms with Gasteiger partial charge in [-0.1, -0.05) is 30.8 Å². The van der Waals surface area contributed by atoms with Crippen LogP contribution in [0.5, 0.6) is 0 Å². The molecular formula is C12H18N2O3. The van der Waals surface area contributed by atoms with E-state index in [1.165, 1.54) is 25.7 Å². The number of ether oxygens (including phenoxy) is 1. The van der Waals surface area contributed by atoms with Gasteiger partial charge in [0, 0.05) is 5.92 Å². The molecule has 0 N–H and O–H groups in total. The molecule has 1 aliphatic carbocycles. The van der Waals surface area contributed by atoms with Crippen molar-refractivity contribution >= 4 is 5.97 Å². The van der Waals surface area contributed by atoms with Crippen LogP contribution >= 0.6 is 0 Å². The van der Waals surface area contributed by atoms with Gasteiger partial charge in [-0.3, -0.25) is 0 Å². The fourth-order valence-electron chi connectivity index (χ4n) is 2.21. The standard InChI is InChI=1S/C12H18N2O3/c1-2-16-12(15)11-13-10(14-17-11)9-7-5-3-4-6-8-9/h9H,2-8H2,1H3. The molecule has 17 heavy (non-hydrogen) atoms. The third-order valence-corrected chi connectivity index (χ3v) is 3.11. The highest BCUT2D eigenvalue weighted by molar-refractivity contribution is 5.83. The van der Waals surface area contributed by atoms with E-state index in [1.54, 1.807) is 6.92 Å². The lowest BCUT2D eigenvalue weighted by Crippen LogP contribution is -2.06. The van der Waals surface area contributed by atoms with Gasteiger partial charge in [0.05, 0.1) is 6.61 Å². The van der Waals surface area contributed by atoms with Crippen LogP contribution in [0, 0.1) is 0 Å². The van der Waals surface area contributed by atoms with Gasteiger partial charge in [-0.2, -0.15) is 4.98 Å². The molecule has 2 rings (SSSR count). The molecule has 1 heterocycles. The van der Waals surface area contributed by atoms with E-state index in [4.69, 9.17) is 9.26 Å². The van der Waals surface area contributed by atoms with Crippen molar-refractivity contribution in [1.29, 1.82) is 0 Å². The van der Waals surface area contributed by atoms with Crippen LogP contribution in [0.1, 0.15) is 67.9 Å². The van der Waals surface area contributed by atoms with Gasteiger partial charge in [-0.25, -0.2) is 4.79 Å². The fraction of sp³-hybridized carbons (Fsp3) is 0.750. The van der Waals surface area contributed by atoms with Crippen LogP contribution in [0.25, 0.3) is 0 Å². The topological polar surface area (TPSA) is 65.2 Å². The zero-order chi connectivity index (χ0) is 12.1. The van der Waals surface area contributed by atoms with Gasteiger partial charge in [0.25, 0.3) is 0 Å². The van der Waals surface area contributed by atoms with E-state index < -0.39 is 5.97 Å². The maximum atomic E-state index is 11.4. The molecule has 5 heteroatoms. The second-order valence-corrected chi connectivity index (χ2v) is 4.37. The smallest absolute Gasteiger partial charge is 0.397 e. The van der Waals surface area contributed by atoms with Crippen LogP contribution < -0.4 is 0 Å². The van der Waals surface area contributed by atoms with Crippen LogP contribution in [-0.2, 0) is 4.74 Å². The normalized spacial score (nSPS) is 17.7. The summed E-state index contributed by atoms with van der Waals surface area (Å²) in [5.74, 6) is 0.449. The van der Waals surface area contributed by atoms with E-state index in [2.05, 4.69) is 10.1 Å². The monoisotopic (exact) mass is 238 g/mol. The maximum absolute atomic E-state index is 11.4. The van der Waals surface area contributed by atoms with Crippen molar-refractivity contribution in [3.05, 3.63) is 11.7 Å². The predicted octanol–water partition coefficient (Wildman–Crippen LogP) is 2.68. The summed E-state index contributed by atoms with van der Waals surface area (Å²) < 4.78 is 9.76. The minimum atomic E-state index is -0.528. The van der Waals surface area contributed by atoms with Crippen LogP contribution in [0.2, 0.25) is 0 Å². The number of nitrogens with zero attached hydrogens (tertiary/aromatic N) is 2. The first kappa shape index (κ1) is 12.1. The summed E-state index contributed by atoms with van der Waals surface area (Å²) in [6, 6.07) is 0. The Morgan fingerprint density at radius 1 is 1.35 bits per heavy atom. The third-order valence-electron chi connectivity index (χ3n) is 3.11. The molecule has 1 aromatic rings. The van der Waals surface area contributed by atoms with E-state index in [0.29, 0.717) is 18.3 Å². The van der Waals surface area contributed by atoms with Gasteiger partial charge in [-0.05, 0) is 19.8 Å². The molecular weight excluding hydrogens is 220 g/mol. The minimum Gasteiger partial charge on any atom is -0.459 e. The van der Waals surface area contributed by atoms with E-state index in [0.717, 1.165) is 12.8 Å². The highest BCUT2D eigenvalue weighted by Crippen LogP contribution is 2.29. The van der Waals surface area contributed by atoms with Crippen molar-refractivity contribution in [2.75, 3.05) is 6.61 Å². The number of esters is 1. The van der Waals surface area contributed by atoms with Gasteiger partial charge in [-0.15, -0.1) is 0 Å². The molecule has 0 radical (unpaired) electrons. The molecule has 5 nitrogen and oxygen atoms in total. The van der Waals surface area contributed by atoms with E-state index in [1.807, 2.05) is 0 Å². The molecule has 1 aliphatic rings. The zero-order valence-electron chi connectivity index (χ0n) is 10.1. The Labute approximate surface area is 101 Å². The highest BCUT2D eigenvalue weighted by Gasteiger charge is 2.22. The fourth-order valence-corrected chi connectivity index (χ4v) is 2.21. The summed E-state index contributed by atoms with van der Waals surface area (Å²) in [7, 11) is 0. The van der Waals surface area contributed by atoms with Crippen molar-refractivity contribution in [1.82, 2.24) is 10.1 Å². The van der Waals surface area contributed by atoms with Crippen LogP contribution in [-0.4, -0.2) is 22.7 Å². The minimum absolute atomic E-state index is 0.0221. The number of hydrogen-bond donors (Lipinski definition) is 0. The summed E-state index contributed by atoms with van der Waals surface area (Å²) in [6.07, 6.45) is 7.13. The van der Waals surface area contributed by atoms with Crippen LogP contribution in [0.15, 0.2) is 4.52 Å². The lowest BCUT2D eigenvalue weighted by molar-refractivity contribution is 0.0470. The van der Waals surface area contributed by atoms with E-state index in [-0.39, 0.29) is 5.89 Å². The number of carbonyl (C=O) groups excluding carboxylic acids is 1. The summed E-state index contributed by atoms with van der Waals surface area (Å²) >= 11 is 0. The van der Waals surface area contributed by atoms with Gasteiger partial charge in [0.2, 0.25) is 0 Å². The SMILES string of the molecule is CCOC(=O)c1nc(C2CCCCCC2)no1. The van der Waals surface area contributed by atoms with Gasteiger partial charge >= 0.3 is 11.9 Å². The van der Waals surface area contributed by atoms with Crippen LogP contribution in [0.4, 0.5) is 0 Å². The quantitative estimate of drug-likeness (QED) is 0.598. The average molecular weight is 238 g/mol. The first-order valence-corrected chi connectivity index (χ1v) is 6.32. The van der Waals surface area contributed by atoms with Gasteiger partial charge in [0.1, 0.15) is 0 Å². The Hall–Kier alpha value is -1.39. The molecule has 0 spiro atoms. The Morgan fingerprint density at radius 2 is 2.06 bits per heavy atom. The lowest BCUT2D eigenvalue weighted by atomic mass is 10.00. The first-order chi connectivity index (χ1) is 8.31. The number of rotatable bonds is 3. The largest absolute Gasteiger partial charge is 0.459 e. The van der Waals surface area contributed by atoms with Crippen molar-refractivity contribution < 1.29 is 14.1 Å². The summed E-state index contributed by atoms with van der Waals surface area (Å²) in [5, 5.41) is 3.90. The number of aromatic nitrogens is 2. The molecule has 1 aromatic heterocycles. The summed E-state index contributed by atoms with van der Waals surface area (Å²) in [6.45, 7) is 2.07. The zero-order valence-corrected chi connectivity index (χ0v) is 10.1. The van der Waals surface area contributed by atoms with Crippen molar-refractivity contribution in [2.45, 2.75) is 51.4 Å². The Kier molecular flexibility index (Phi) is 4.12. The first-order valence-electron chi connectivity index (χ1n) is 6.32. The molecule has 94 valence electrons.